The minimum absolute atomic E-state index is 0.558. The van der Waals surface area contributed by atoms with Crippen molar-refractivity contribution in [2.75, 3.05) is 0 Å². The first-order valence-electron chi connectivity index (χ1n) is 14.2. The van der Waals surface area contributed by atoms with Gasteiger partial charge in [-0.1, -0.05) is 103 Å². The van der Waals surface area contributed by atoms with Gasteiger partial charge in [-0.05, 0) is 56.6 Å². The monoisotopic (exact) mass is 550 g/mol. The molecule has 0 spiro atoms. The van der Waals surface area contributed by atoms with Crippen molar-refractivity contribution in [2.24, 2.45) is 0 Å². The van der Waals surface area contributed by atoms with Gasteiger partial charge in [-0.3, -0.25) is 0 Å². The Morgan fingerprint density at radius 2 is 1.07 bits per heavy atom. The average Bonchev–Trinajstić information content (AvgIpc) is 3.44. The summed E-state index contributed by atoms with van der Waals surface area (Å²) in [5.74, 6) is 1.81. The highest BCUT2D eigenvalue weighted by Crippen LogP contribution is 2.39. The number of furan rings is 1. The van der Waals surface area contributed by atoms with Gasteiger partial charge < -0.3 is 4.42 Å². The smallest absolute Gasteiger partial charge is 0.228 e. The van der Waals surface area contributed by atoms with E-state index in [0.717, 1.165) is 60.0 Å². The zero-order chi connectivity index (χ0) is 28.3. The van der Waals surface area contributed by atoms with Gasteiger partial charge in [0.1, 0.15) is 5.58 Å². The summed E-state index contributed by atoms with van der Waals surface area (Å²) in [6.45, 7) is 0. The summed E-state index contributed by atoms with van der Waals surface area (Å²) in [5.41, 5.74) is 4.08. The summed E-state index contributed by atoms with van der Waals surface area (Å²) in [4.78, 5) is 19.9. The second-order valence-corrected chi connectivity index (χ2v) is 10.7. The number of aromatic nitrogens is 4. The highest BCUT2D eigenvalue weighted by Gasteiger charge is 2.20. The molecule has 0 amide bonds. The Morgan fingerprint density at radius 3 is 1.88 bits per heavy atom. The van der Waals surface area contributed by atoms with Crippen LogP contribution in [0.4, 0.5) is 0 Å². The van der Waals surface area contributed by atoms with Crippen molar-refractivity contribution >= 4 is 54.4 Å². The second-order valence-electron chi connectivity index (χ2n) is 10.7. The van der Waals surface area contributed by atoms with Crippen LogP contribution in [0.2, 0.25) is 0 Å². The van der Waals surface area contributed by atoms with Crippen LogP contribution in [0.1, 0.15) is 0 Å². The summed E-state index contributed by atoms with van der Waals surface area (Å²) in [6, 6.07) is 43.6. The van der Waals surface area contributed by atoms with Gasteiger partial charge in [-0.2, -0.15) is 0 Å². The number of benzene rings is 6. The van der Waals surface area contributed by atoms with Crippen molar-refractivity contribution in [1.82, 2.24) is 19.9 Å². The molecule has 6 aromatic carbocycles. The van der Waals surface area contributed by atoms with Gasteiger partial charge in [-0.15, -0.1) is 0 Å². The lowest BCUT2D eigenvalue weighted by atomic mass is 9.97. The van der Waals surface area contributed by atoms with Gasteiger partial charge >= 0.3 is 0 Å². The fourth-order valence-corrected chi connectivity index (χ4v) is 6.14. The first-order valence-corrected chi connectivity index (χ1v) is 14.2. The summed E-state index contributed by atoms with van der Waals surface area (Å²) < 4.78 is 6.28. The summed E-state index contributed by atoms with van der Waals surface area (Å²) in [5, 5.41) is 8.73. The standard InChI is InChI=1S/C38H22N4O/c1-2-10-23(11-3-1)35-40-36(30-18-19-39-38-34(30)32-20-24-12-4-5-13-25(24)22-33(32)43-38)42-37(41-35)31-21-26-14-6-7-15-27(26)28-16-8-9-17-29(28)31/h1-22H. The molecule has 0 aliphatic heterocycles. The average molecular weight is 551 g/mol. The van der Waals surface area contributed by atoms with E-state index < -0.39 is 0 Å². The largest absolute Gasteiger partial charge is 0.438 e. The van der Waals surface area contributed by atoms with Crippen LogP contribution in [-0.2, 0) is 0 Å². The zero-order valence-electron chi connectivity index (χ0n) is 22.9. The first kappa shape index (κ1) is 23.7. The molecular weight excluding hydrogens is 528 g/mol. The van der Waals surface area contributed by atoms with Gasteiger partial charge in [0.05, 0.1) is 5.39 Å². The highest BCUT2D eigenvalue weighted by molar-refractivity contribution is 6.15. The summed E-state index contributed by atoms with van der Waals surface area (Å²) in [6.07, 6.45) is 1.76. The van der Waals surface area contributed by atoms with Crippen molar-refractivity contribution in [2.45, 2.75) is 0 Å². The molecule has 0 N–H and O–H groups in total. The second kappa shape index (κ2) is 9.29. The van der Waals surface area contributed by atoms with Crippen LogP contribution in [0.3, 0.4) is 0 Å². The van der Waals surface area contributed by atoms with Gasteiger partial charge in [-0.25, -0.2) is 19.9 Å². The van der Waals surface area contributed by atoms with E-state index in [-0.39, 0.29) is 0 Å². The van der Waals surface area contributed by atoms with E-state index in [4.69, 9.17) is 19.4 Å². The van der Waals surface area contributed by atoms with Crippen LogP contribution in [0.15, 0.2) is 138 Å². The molecule has 5 heteroatoms. The Kier molecular flexibility index (Phi) is 5.13. The van der Waals surface area contributed by atoms with E-state index in [1.807, 2.05) is 48.5 Å². The molecule has 0 saturated heterocycles. The zero-order valence-corrected chi connectivity index (χ0v) is 22.9. The van der Waals surface area contributed by atoms with Gasteiger partial charge in [0.25, 0.3) is 0 Å². The molecule has 3 heterocycles. The molecule has 43 heavy (non-hydrogen) atoms. The lowest BCUT2D eigenvalue weighted by molar-refractivity contribution is 0.654. The van der Waals surface area contributed by atoms with E-state index >= 15 is 0 Å². The molecular formula is C38H22N4O. The van der Waals surface area contributed by atoms with E-state index in [1.54, 1.807) is 6.20 Å². The van der Waals surface area contributed by atoms with E-state index in [2.05, 4.69) is 83.8 Å². The summed E-state index contributed by atoms with van der Waals surface area (Å²) >= 11 is 0. The van der Waals surface area contributed by atoms with Crippen molar-refractivity contribution in [1.29, 1.82) is 0 Å². The van der Waals surface area contributed by atoms with Gasteiger partial charge in [0.2, 0.25) is 5.71 Å². The molecule has 3 aromatic heterocycles. The minimum Gasteiger partial charge on any atom is -0.438 e. The molecule has 0 aliphatic carbocycles. The highest BCUT2D eigenvalue weighted by atomic mass is 16.3. The number of hydrogen-bond donors (Lipinski definition) is 0. The van der Waals surface area contributed by atoms with Crippen LogP contribution in [0.25, 0.3) is 88.5 Å². The molecule has 0 atom stereocenters. The van der Waals surface area contributed by atoms with Crippen LogP contribution in [0, 0.1) is 0 Å². The lowest BCUT2D eigenvalue weighted by Gasteiger charge is -2.12. The molecule has 9 aromatic rings. The maximum absolute atomic E-state index is 6.28. The fraction of sp³-hybridized carbons (Fsp3) is 0. The fourth-order valence-electron chi connectivity index (χ4n) is 6.14. The summed E-state index contributed by atoms with van der Waals surface area (Å²) in [7, 11) is 0. The quantitative estimate of drug-likeness (QED) is 0.205. The Morgan fingerprint density at radius 1 is 0.442 bits per heavy atom. The predicted octanol–water partition coefficient (Wildman–Crippen LogP) is 9.63. The van der Waals surface area contributed by atoms with Crippen molar-refractivity contribution < 1.29 is 4.42 Å². The SMILES string of the molecule is c1ccc(-c2nc(-c3cc4ccccc4c4ccccc34)nc(-c3ccnc4oc5cc6ccccc6cc5c34)n2)cc1. The van der Waals surface area contributed by atoms with Crippen LogP contribution >= 0.6 is 0 Å². The third kappa shape index (κ3) is 3.79. The Balaban J connectivity index is 1.36. The van der Waals surface area contributed by atoms with E-state index in [9.17, 15) is 0 Å². The Labute approximate surface area is 246 Å². The van der Waals surface area contributed by atoms with E-state index in [1.165, 1.54) is 5.39 Å². The Hall–Kier alpha value is -5.94. The number of pyridine rings is 1. The maximum Gasteiger partial charge on any atom is 0.228 e. The number of rotatable bonds is 3. The molecule has 0 radical (unpaired) electrons. The van der Waals surface area contributed by atoms with Gasteiger partial charge in [0, 0.05) is 28.3 Å². The van der Waals surface area contributed by atoms with E-state index in [0.29, 0.717) is 23.2 Å². The third-order valence-electron chi connectivity index (χ3n) is 8.16. The first-order chi connectivity index (χ1) is 21.3. The third-order valence-corrected chi connectivity index (χ3v) is 8.16. The van der Waals surface area contributed by atoms with Crippen molar-refractivity contribution in [3.05, 3.63) is 134 Å². The molecule has 0 saturated carbocycles. The molecule has 0 aliphatic rings. The van der Waals surface area contributed by atoms with Crippen LogP contribution in [-0.4, -0.2) is 19.9 Å². The topological polar surface area (TPSA) is 64.7 Å². The van der Waals surface area contributed by atoms with Gasteiger partial charge in [0.15, 0.2) is 17.5 Å². The molecule has 5 nitrogen and oxygen atoms in total. The predicted molar refractivity (Wildman–Crippen MR) is 174 cm³/mol. The van der Waals surface area contributed by atoms with Crippen LogP contribution < -0.4 is 0 Å². The Bertz CT molecular complexity index is 2520. The minimum atomic E-state index is 0.558. The molecule has 0 bridgehead atoms. The molecule has 0 fully saturated rings. The molecule has 9 rings (SSSR count). The normalized spacial score (nSPS) is 11.7. The number of nitrogens with zero attached hydrogens (tertiary/aromatic N) is 4. The van der Waals surface area contributed by atoms with Crippen molar-refractivity contribution in [3.63, 3.8) is 0 Å². The molecule has 200 valence electrons. The molecule has 0 unspecified atom stereocenters. The number of fused-ring (bicyclic) bond motifs is 7. The van der Waals surface area contributed by atoms with Crippen molar-refractivity contribution in [3.8, 4) is 34.2 Å². The maximum atomic E-state index is 6.28. The number of hydrogen-bond acceptors (Lipinski definition) is 5. The van der Waals surface area contributed by atoms with Crippen LogP contribution in [0.5, 0.6) is 0 Å². The lowest BCUT2D eigenvalue weighted by Crippen LogP contribution is -2.01.